The van der Waals surface area contributed by atoms with Crippen LogP contribution in [0.3, 0.4) is 0 Å². The lowest BCUT2D eigenvalue weighted by molar-refractivity contribution is -0.150. The number of ether oxygens (including phenoxy) is 1. The van der Waals surface area contributed by atoms with E-state index in [1.807, 2.05) is 0 Å². The molecular weight excluding hydrogens is 781 g/mol. The maximum atomic E-state index is 12.5. The van der Waals surface area contributed by atoms with Crippen LogP contribution in [0.4, 0.5) is 0 Å². The normalized spacial score (nSPS) is 12.6. The minimum atomic E-state index is -0.0897. The summed E-state index contributed by atoms with van der Waals surface area (Å²) < 4.78 is 5.96. The monoisotopic (exact) mass is 895 g/mol. The summed E-state index contributed by atoms with van der Waals surface area (Å²) in [6.07, 6.45) is 52.1. The molecule has 0 radical (unpaired) electrons. The number of carbonyl (C=O) groups is 3. The van der Waals surface area contributed by atoms with Gasteiger partial charge in [-0.15, -0.1) is 0 Å². The lowest BCUT2D eigenvalue weighted by Gasteiger charge is -2.18. The Kier molecular flexibility index (Phi) is 57.7. The van der Waals surface area contributed by atoms with E-state index in [4.69, 9.17) is 4.74 Å². The topological polar surface area (TPSA) is 101 Å². The van der Waals surface area contributed by atoms with Gasteiger partial charge in [0.25, 0.3) is 0 Å². The standard InChI is InChI=1S/C37H72O4.C19H38O2.CH4/c1-4-6-8-23-29-35(39)30-24-19-15-11-13-17-21-27-33-37(40)41-36(31-25-9-7-5-2)32-26-20-16-12-10-14-18-22-28-34(3)38;1-3-4-5-13-16-19(21)17-14-11-9-7-6-8-10-12-15-18(2)20;/h35-36,39H,4-33H2,1-3H3;19,21H,3-17H2,1-2H3;1H4. The molecule has 0 aromatic carbocycles. The molecule has 0 aromatic heterocycles. The van der Waals surface area contributed by atoms with Crippen LogP contribution in [0, 0.1) is 0 Å². The van der Waals surface area contributed by atoms with Crippen LogP contribution in [0.2, 0.25) is 0 Å². The molecule has 0 aliphatic carbocycles. The molecular formula is C57H114O6. The molecule has 0 amide bonds. The Morgan fingerprint density at radius 3 is 0.825 bits per heavy atom. The number of hydrogen-bond acceptors (Lipinski definition) is 6. The highest BCUT2D eigenvalue weighted by Gasteiger charge is 2.14. The first-order valence-electron chi connectivity index (χ1n) is 27.7. The predicted octanol–water partition coefficient (Wildman–Crippen LogP) is 18.0. The first-order valence-corrected chi connectivity index (χ1v) is 27.7. The molecule has 6 nitrogen and oxygen atoms in total. The van der Waals surface area contributed by atoms with E-state index in [-0.39, 0.29) is 31.7 Å². The highest BCUT2D eigenvalue weighted by atomic mass is 16.5. The number of aliphatic hydroxyl groups excluding tert-OH is 2. The molecule has 6 heteroatoms. The molecule has 0 fully saturated rings. The molecule has 378 valence electrons. The van der Waals surface area contributed by atoms with E-state index < -0.39 is 0 Å². The van der Waals surface area contributed by atoms with Crippen molar-refractivity contribution in [2.24, 2.45) is 0 Å². The van der Waals surface area contributed by atoms with Crippen molar-refractivity contribution in [2.75, 3.05) is 0 Å². The Morgan fingerprint density at radius 1 is 0.333 bits per heavy atom. The molecule has 63 heavy (non-hydrogen) atoms. The van der Waals surface area contributed by atoms with E-state index in [0.29, 0.717) is 18.0 Å². The number of hydrogen-bond donors (Lipinski definition) is 2. The van der Waals surface area contributed by atoms with E-state index in [9.17, 15) is 24.6 Å². The molecule has 0 spiro atoms. The summed E-state index contributed by atoms with van der Waals surface area (Å²) in [4.78, 5) is 34.3. The molecule has 2 N–H and O–H groups in total. The van der Waals surface area contributed by atoms with Crippen LogP contribution >= 0.6 is 0 Å². The highest BCUT2D eigenvalue weighted by Crippen LogP contribution is 2.20. The van der Waals surface area contributed by atoms with Crippen molar-refractivity contribution in [3.8, 4) is 0 Å². The molecule has 0 aliphatic heterocycles. The lowest BCUT2D eigenvalue weighted by Crippen LogP contribution is -2.18. The smallest absolute Gasteiger partial charge is 0.306 e. The summed E-state index contributed by atoms with van der Waals surface area (Å²) >= 11 is 0. The SMILES string of the molecule is C.CCCCCCC(O)CCCCCCCCCCC(=O)OC(CCCCCC)CCCCCCCCCCC(C)=O.CCCCCCC(O)CCCCCCCCCCC(C)=O. The van der Waals surface area contributed by atoms with Crippen molar-refractivity contribution in [2.45, 2.75) is 349 Å². The number of esters is 1. The first-order chi connectivity index (χ1) is 30.2. The van der Waals surface area contributed by atoms with E-state index in [1.54, 1.807) is 13.8 Å². The summed E-state index contributed by atoms with van der Waals surface area (Å²) in [5.74, 6) is 0.653. The Labute approximate surface area is 394 Å². The maximum absolute atomic E-state index is 12.5. The fraction of sp³-hybridized carbons (Fsp3) is 0.947. The molecule has 0 saturated carbocycles. The molecule has 3 unspecified atom stereocenters. The van der Waals surface area contributed by atoms with Crippen LogP contribution in [0.5, 0.6) is 0 Å². The number of unbranched alkanes of at least 4 members (excludes halogenated alkanes) is 30. The van der Waals surface area contributed by atoms with Gasteiger partial charge in [-0.25, -0.2) is 0 Å². The summed E-state index contributed by atoms with van der Waals surface area (Å²) in [6.45, 7) is 10.1. The van der Waals surface area contributed by atoms with Crippen LogP contribution in [0.1, 0.15) is 331 Å². The Morgan fingerprint density at radius 2 is 0.556 bits per heavy atom. The zero-order valence-electron chi connectivity index (χ0n) is 42.6. The van der Waals surface area contributed by atoms with Gasteiger partial charge < -0.3 is 24.5 Å². The predicted molar refractivity (Wildman–Crippen MR) is 275 cm³/mol. The summed E-state index contributed by atoms with van der Waals surface area (Å²) in [5.41, 5.74) is 0. The fourth-order valence-corrected chi connectivity index (χ4v) is 8.54. The first kappa shape index (κ1) is 66.0. The Bertz CT molecular complexity index is 920. The zero-order valence-corrected chi connectivity index (χ0v) is 42.6. The summed E-state index contributed by atoms with van der Waals surface area (Å²) in [6, 6.07) is 0. The number of ketones is 2. The number of Topliss-reactive ketones (excluding diaryl/α,β-unsaturated/α-hetero) is 2. The van der Waals surface area contributed by atoms with Crippen LogP contribution in [-0.2, 0) is 19.1 Å². The number of carbonyl (C=O) groups excluding carboxylic acids is 3. The minimum Gasteiger partial charge on any atom is -0.462 e. The third-order valence-electron chi connectivity index (χ3n) is 12.7. The van der Waals surface area contributed by atoms with Crippen molar-refractivity contribution in [1.29, 1.82) is 0 Å². The lowest BCUT2D eigenvalue weighted by atomic mass is 10.0. The second-order valence-electron chi connectivity index (χ2n) is 19.5. The van der Waals surface area contributed by atoms with Crippen molar-refractivity contribution >= 4 is 17.5 Å². The van der Waals surface area contributed by atoms with Gasteiger partial charge in [-0.3, -0.25) is 4.79 Å². The van der Waals surface area contributed by atoms with Crippen molar-refractivity contribution in [1.82, 2.24) is 0 Å². The fourth-order valence-electron chi connectivity index (χ4n) is 8.54. The van der Waals surface area contributed by atoms with Gasteiger partial charge in [0.15, 0.2) is 0 Å². The highest BCUT2D eigenvalue weighted by molar-refractivity contribution is 5.75. The molecule has 3 atom stereocenters. The number of aliphatic hydroxyl groups is 2. The third-order valence-corrected chi connectivity index (χ3v) is 12.7. The quantitative estimate of drug-likeness (QED) is 0.0466. The average Bonchev–Trinajstić information content (AvgIpc) is 3.24. The van der Waals surface area contributed by atoms with Crippen LogP contribution in [0.25, 0.3) is 0 Å². The van der Waals surface area contributed by atoms with Crippen LogP contribution < -0.4 is 0 Å². The summed E-state index contributed by atoms with van der Waals surface area (Å²) in [7, 11) is 0. The van der Waals surface area contributed by atoms with Gasteiger partial charge in [-0.05, 0) is 84.5 Å². The largest absolute Gasteiger partial charge is 0.462 e. The van der Waals surface area contributed by atoms with E-state index in [0.717, 1.165) is 89.9 Å². The van der Waals surface area contributed by atoms with Gasteiger partial charge in [0.2, 0.25) is 0 Å². The van der Waals surface area contributed by atoms with E-state index in [2.05, 4.69) is 20.8 Å². The molecule has 0 bridgehead atoms. The third kappa shape index (κ3) is 58.7. The molecule has 0 heterocycles. The van der Waals surface area contributed by atoms with Gasteiger partial charge in [0.1, 0.15) is 17.7 Å². The minimum absolute atomic E-state index is 0. The Balaban J connectivity index is -0.00000138. The molecule has 0 rings (SSSR count). The average molecular weight is 896 g/mol. The second-order valence-corrected chi connectivity index (χ2v) is 19.5. The molecule has 0 aromatic rings. The van der Waals surface area contributed by atoms with Crippen molar-refractivity contribution < 1.29 is 29.3 Å². The van der Waals surface area contributed by atoms with E-state index in [1.165, 1.54) is 193 Å². The maximum Gasteiger partial charge on any atom is 0.306 e. The zero-order chi connectivity index (χ0) is 46.0. The van der Waals surface area contributed by atoms with Crippen LogP contribution in [0.15, 0.2) is 0 Å². The van der Waals surface area contributed by atoms with Gasteiger partial charge in [0, 0.05) is 19.3 Å². The van der Waals surface area contributed by atoms with Crippen LogP contribution in [-0.4, -0.2) is 46.1 Å². The summed E-state index contributed by atoms with van der Waals surface area (Å²) in [5, 5.41) is 19.9. The number of rotatable bonds is 49. The van der Waals surface area contributed by atoms with Gasteiger partial charge in [0.05, 0.1) is 12.2 Å². The van der Waals surface area contributed by atoms with Gasteiger partial charge in [-0.2, -0.15) is 0 Å². The molecule has 0 saturated heterocycles. The van der Waals surface area contributed by atoms with Gasteiger partial charge >= 0.3 is 5.97 Å². The second kappa shape index (κ2) is 55.1. The van der Waals surface area contributed by atoms with Crippen molar-refractivity contribution in [3.63, 3.8) is 0 Å². The van der Waals surface area contributed by atoms with Crippen molar-refractivity contribution in [3.05, 3.63) is 0 Å². The Hall–Kier alpha value is -1.27. The van der Waals surface area contributed by atoms with Gasteiger partial charge in [-0.1, -0.05) is 227 Å². The molecule has 0 aliphatic rings. The van der Waals surface area contributed by atoms with E-state index >= 15 is 0 Å².